The summed E-state index contributed by atoms with van der Waals surface area (Å²) in [5.74, 6) is -3.18. The zero-order chi connectivity index (χ0) is 21.9. The SMILES string of the molecule is N#C[C@@H](CC(=O)O)NC(=O)c1cnc2c(C3=CCC(C(F)(F)F)CC3)cccc2c1. The minimum atomic E-state index is -4.21. The van der Waals surface area contributed by atoms with Crippen LogP contribution >= 0.6 is 0 Å². The van der Waals surface area contributed by atoms with Crippen molar-refractivity contribution in [1.29, 1.82) is 5.26 Å². The molecule has 1 aliphatic rings. The van der Waals surface area contributed by atoms with Gasteiger partial charge in [-0.05, 0) is 30.9 Å². The Labute approximate surface area is 170 Å². The van der Waals surface area contributed by atoms with Gasteiger partial charge in [-0.25, -0.2) is 0 Å². The molecule has 9 heteroatoms. The monoisotopic (exact) mass is 417 g/mol. The molecule has 0 bridgehead atoms. The Morgan fingerprint density at radius 2 is 2.13 bits per heavy atom. The third-order valence-corrected chi connectivity index (χ3v) is 5.03. The summed E-state index contributed by atoms with van der Waals surface area (Å²) in [6.45, 7) is 0. The van der Waals surface area contributed by atoms with Crippen molar-refractivity contribution in [2.45, 2.75) is 37.9 Å². The van der Waals surface area contributed by atoms with Gasteiger partial charge in [0.1, 0.15) is 6.04 Å². The van der Waals surface area contributed by atoms with E-state index in [4.69, 9.17) is 10.4 Å². The van der Waals surface area contributed by atoms with Crippen molar-refractivity contribution in [3.05, 3.63) is 47.7 Å². The topological polar surface area (TPSA) is 103 Å². The lowest BCUT2D eigenvalue weighted by Gasteiger charge is -2.24. The molecule has 0 aliphatic heterocycles. The Hall–Kier alpha value is -3.41. The number of hydrogen-bond donors (Lipinski definition) is 2. The standard InChI is InChI=1S/C21H18F3N3O3/c22-21(23,24)15-6-4-12(5-7-15)17-3-1-2-13-8-14(11-26-19(13)17)20(30)27-16(10-25)9-18(28)29/h1-4,8,11,15-16H,5-7,9H2,(H,27,30)(H,28,29)/t15?,16-/m1/s1. The lowest BCUT2D eigenvalue weighted by molar-refractivity contribution is -0.175. The number of halogens is 3. The zero-order valence-corrected chi connectivity index (χ0v) is 15.7. The molecule has 0 radical (unpaired) electrons. The number of fused-ring (bicyclic) bond motifs is 1. The highest BCUT2D eigenvalue weighted by molar-refractivity contribution is 5.99. The molecule has 0 spiro atoms. The molecule has 6 nitrogen and oxygen atoms in total. The van der Waals surface area contributed by atoms with E-state index in [1.807, 2.05) is 0 Å². The van der Waals surface area contributed by atoms with E-state index < -0.39 is 36.4 Å². The third kappa shape index (κ3) is 4.76. The summed E-state index contributed by atoms with van der Waals surface area (Å²) in [6.07, 6.45) is -1.60. The number of carboxylic acids is 1. The molecular weight excluding hydrogens is 399 g/mol. The second-order valence-corrected chi connectivity index (χ2v) is 7.10. The Bertz CT molecular complexity index is 1060. The highest BCUT2D eigenvalue weighted by Crippen LogP contribution is 2.40. The Morgan fingerprint density at radius 1 is 1.37 bits per heavy atom. The number of carboxylic acid groups (broad SMARTS) is 1. The largest absolute Gasteiger partial charge is 0.481 e. The van der Waals surface area contributed by atoms with Crippen molar-refractivity contribution in [3.8, 4) is 6.07 Å². The number of carbonyl (C=O) groups is 2. The van der Waals surface area contributed by atoms with Gasteiger partial charge < -0.3 is 10.4 Å². The molecule has 3 rings (SSSR count). The molecule has 1 amide bonds. The van der Waals surface area contributed by atoms with Crippen molar-refractivity contribution >= 4 is 28.4 Å². The lowest BCUT2D eigenvalue weighted by atomic mass is 9.85. The number of pyridine rings is 1. The quantitative estimate of drug-likeness (QED) is 0.763. The second kappa shape index (κ2) is 8.53. The summed E-state index contributed by atoms with van der Waals surface area (Å²) >= 11 is 0. The minimum absolute atomic E-state index is 0.0192. The molecule has 1 unspecified atom stereocenters. The van der Waals surface area contributed by atoms with Crippen LogP contribution < -0.4 is 5.32 Å². The number of carbonyl (C=O) groups excluding carboxylic acids is 1. The first-order valence-corrected chi connectivity index (χ1v) is 9.26. The van der Waals surface area contributed by atoms with Crippen LogP contribution in [0.25, 0.3) is 16.5 Å². The van der Waals surface area contributed by atoms with Crippen molar-refractivity contribution in [3.63, 3.8) is 0 Å². The molecule has 0 fully saturated rings. The predicted octanol–water partition coefficient (Wildman–Crippen LogP) is 4.08. The number of nitriles is 1. The van der Waals surface area contributed by atoms with Gasteiger partial charge in [0.05, 0.1) is 29.5 Å². The van der Waals surface area contributed by atoms with E-state index in [2.05, 4.69) is 10.3 Å². The van der Waals surface area contributed by atoms with Crippen LogP contribution in [0.2, 0.25) is 0 Å². The maximum atomic E-state index is 12.9. The van der Waals surface area contributed by atoms with Crippen LogP contribution in [0.3, 0.4) is 0 Å². The summed E-state index contributed by atoms with van der Waals surface area (Å²) in [7, 11) is 0. The summed E-state index contributed by atoms with van der Waals surface area (Å²) in [5.41, 5.74) is 2.23. The number of nitrogens with one attached hydrogen (secondary N) is 1. The zero-order valence-electron chi connectivity index (χ0n) is 15.7. The Morgan fingerprint density at radius 3 is 2.73 bits per heavy atom. The van der Waals surface area contributed by atoms with E-state index >= 15 is 0 Å². The van der Waals surface area contributed by atoms with Gasteiger partial charge in [-0.2, -0.15) is 18.4 Å². The first-order chi connectivity index (χ1) is 14.2. The smallest absolute Gasteiger partial charge is 0.392 e. The van der Waals surface area contributed by atoms with Gasteiger partial charge in [-0.1, -0.05) is 24.3 Å². The van der Waals surface area contributed by atoms with Crippen molar-refractivity contribution in [2.24, 2.45) is 5.92 Å². The molecular formula is C21H18F3N3O3. The minimum Gasteiger partial charge on any atom is -0.481 e. The molecule has 1 aliphatic carbocycles. The number of aliphatic carboxylic acids is 1. The molecule has 0 saturated carbocycles. The highest BCUT2D eigenvalue weighted by Gasteiger charge is 2.39. The summed E-state index contributed by atoms with van der Waals surface area (Å²) < 4.78 is 38.7. The number of hydrogen-bond acceptors (Lipinski definition) is 4. The number of para-hydroxylation sites is 1. The molecule has 156 valence electrons. The van der Waals surface area contributed by atoms with E-state index in [-0.39, 0.29) is 24.8 Å². The maximum absolute atomic E-state index is 12.9. The van der Waals surface area contributed by atoms with E-state index in [0.29, 0.717) is 10.9 Å². The number of aromatic nitrogens is 1. The van der Waals surface area contributed by atoms with Gasteiger partial charge in [0.15, 0.2) is 0 Å². The van der Waals surface area contributed by atoms with Crippen molar-refractivity contribution in [1.82, 2.24) is 10.3 Å². The molecule has 2 N–H and O–H groups in total. The molecule has 1 heterocycles. The number of rotatable bonds is 5. The van der Waals surface area contributed by atoms with Gasteiger partial charge in [0.2, 0.25) is 0 Å². The fourth-order valence-electron chi connectivity index (χ4n) is 3.47. The van der Waals surface area contributed by atoms with Gasteiger partial charge >= 0.3 is 12.1 Å². The van der Waals surface area contributed by atoms with E-state index in [1.54, 1.807) is 36.4 Å². The molecule has 2 aromatic rings. The van der Waals surface area contributed by atoms with Crippen LogP contribution in [-0.4, -0.2) is 34.2 Å². The summed E-state index contributed by atoms with van der Waals surface area (Å²) in [6, 6.07) is 7.34. The molecule has 2 atom stereocenters. The van der Waals surface area contributed by atoms with Crippen molar-refractivity contribution in [2.75, 3.05) is 0 Å². The van der Waals surface area contributed by atoms with Gasteiger partial charge in [-0.15, -0.1) is 0 Å². The normalized spacial score (nSPS) is 17.7. The number of alkyl halides is 3. The van der Waals surface area contributed by atoms with Gasteiger partial charge in [0.25, 0.3) is 5.91 Å². The van der Waals surface area contributed by atoms with Gasteiger partial charge in [0, 0.05) is 17.1 Å². The summed E-state index contributed by atoms with van der Waals surface area (Å²) in [4.78, 5) is 27.4. The first kappa shape index (κ1) is 21.3. The fraction of sp³-hybridized carbons (Fsp3) is 0.333. The first-order valence-electron chi connectivity index (χ1n) is 9.26. The summed E-state index contributed by atoms with van der Waals surface area (Å²) in [5, 5.41) is 20.7. The van der Waals surface area contributed by atoms with Crippen LogP contribution in [0.15, 0.2) is 36.5 Å². The third-order valence-electron chi connectivity index (χ3n) is 5.03. The highest BCUT2D eigenvalue weighted by atomic mass is 19.4. The Balaban J connectivity index is 1.84. The average Bonchev–Trinajstić information content (AvgIpc) is 2.71. The Kier molecular flexibility index (Phi) is 6.06. The molecule has 0 saturated heterocycles. The van der Waals surface area contributed by atoms with E-state index in [9.17, 15) is 22.8 Å². The van der Waals surface area contributed by atoms with E-state index in [1.165, 1.54) is 6.20 Å². The van der Waals surface area contributed by atoms with Crippen molar-refractivity contribution < 1.29 is 27.9 Å². The molecule has 30 heavy (non-hydrogen) atoms. The fourth-order valence-corrected chi connectivity index (χ4v) is 3.47. The second-order valence-electron chi connectivity index (χ2n) is 7.10. The lowest BCUT2D eigenvalue weighted by Crippen LogP contribution is -2.35. The number of allylic oxidation sites excluding steroid dienone is 2. The molecule has 1 aromatic heterocycles. The number of benzene rings is 1. The van der Waals surface area contributed by atoms with E-state index in [0.717, 1.165) is 11.1 Å². The molecule has 1 aromatic carbocycles. The van der Waals surface area contributed by atoms with Crippen LogP contribution in [0.5, 0.6) is 0 Å². The number of amides is 1. The van der Waals surface area contributed by atoms with Crippen LogP contribution in [0.1, 0.15) is 41.6 Å². The van der Waals surface area contributed by atoms with Crippen LogP contribution in [0.4, 0.5) is 13.2 Å². The van der Waals surface area contributed by atoms with Crippen LogP contribution in [0, 0.1) is 17.2 Å². The average molecular weight is 417 g/mol. The number of nitrogens with zero attached hydrogens (tertiary/aromatic N) is 2. The van der Waals surface area contributed by atoms with Crippen LogP contribution in [-0.2, 0) is 4.79 Å². The predicted molar refractivity (Wildman–Crippen MR) is 102 cm³/mol. The van der Waals surface area contributed by atoms with Gasteiger partial charge in [-0.3, -0.25) is 14.6 Å². The maximum Gasteiger partial charge on any atom is 0.392 e.